The van der Waals surface area contributed by atoms with E-state index in [-0.39, 0.29) is 16.7 Å². The van der Waals surface area contributed by atoms with Gasteiger partial charge in [-0.1, -0.05) is 22.9 Å². The number of benzene rings is 1. The van der Waals surface area contributed by atoms with Gasteiger partial charge in [0.05, 0.1) is 17.8 Å². The van der Waals surface area contributed by atoms with Crippen LogP contribution in [0.25, 0.3) is 11.3 Å². The third-order valence-corrected chi connectivity index (χ3v) is 5.73. The molecule has 26 heavy (non-hydrogen) atoms. The second kappa shape index (κ2) is 7.90. The third kappa shape index (κ3) is 4.00. The summed E-state index contributed by atoms with van der Waals surface area (Å²) in [5.41, 5.74) is 1.21. The maximum Gasteiger partial charge on any atom is 0.223 e. The Kier molecular flexibility index (Phi) is 5.79. The number of likely N-dealkylation sites (tertiary alicyclic amines) is 1. The second-order valence-electron chi connectivity index (χ2n) is 6.41. The summed E-state index contributed by atoms with van der Waals surface area (Å²) in [5.74, 6) is -0.711. The van der Waals surface area contributed by atoms with Crippen LogP contribution in [0.3, 0.4) is 0 Å². The summed E-state index contributed by atoms with van der Waals surface area (Å²) in [6.07, 6.45) is 2.33. The number of nitrogens with one attached hydrogen (secondary N) is 1. The molecule has 8 heteroatoms. The van der Waals surface area contributed by atoms with Gasteiger partial charge in [-0.15, -0.1) is 0 Å². The molecule has 3 rings (SSSR count). The zero-order valence-corrected chi connectivity index (χ0v) is 16.5. The molecule has 1 aliphatic rings. The number of thiazole rings is 1. The molecule has 0 radical (unpaired) electrons. The number of halogens is 2. The van der Waals surface area contributed by atoms with Gasteiger partial charge < -0.3 is 10.1 Å². The van der Waals surface area contributed by atoms with Crippen molar-refractivity contribution < 1.29 is 13.9 Å². The molecule has 1 N–H and O–H groups in total. The van der Waals surface area contributed by atoms with E-state index < -0.39 is 5.82 Å². The molecule has 1 atom stereocenters. The summed E-state index contributed by atoms with van der Waals surface area (Å²) in [7, 11) is 1.38. The standard InChI is InChI=1S/C18H21ClFN3O2S/c1-10-5-4-6-23(10)9-15-16(22-18(26-15)21-11(2)24)12-7-13(19)17(25-3)14(20)8-12/h7-8,10H,4-6,9H2,1-3H3,(H,21,22,24)/t10-/m1/s1. The molecule has 1 aliphatic heterocycles. The van der Waals surface area contributed by atoms with Crippen molar-refractivity contribution in [2.45, 2.75) is 39.3 Å². The van der Waals surface area contributed by atoms with Crippen LogP contribution < -0.4 is 10.1 Å². The zero-order chi connectivity index (χ0) is 18.8. The molecule has 1 aromatic carbocycles. The Labute approximate surface area is 161 Å². The summed E-state index contributed by atoms with van der Waals surface area (Å²) in [6, 6.07) is 3.51. The first-order valence-corrected chi connectivity index (χ1v) is 9.63. The van der Waals surface area contributed by atoms with Crippen molar-refractivity contribution in [2.24, 2.45) is 0 Å². The Morgan fingerprint density at radius 1 is 1.54 bits per heavy atom. The Balaban J connectivity index is 2.01. The molecule has 0 saturated carbocycles. The van der Waals surface area contributed by atoms with Crippen LogP contribution in [0.1, 0.15) is 31.6 Å². The molecule has 5 nitrogen and oxygen atoms in total. The number of carbonyl (C=O) groups is 1. The minimum absolute atomic E-state index is 0.0162. The molecule has 1 aromatic heterocycles. The van der Waals surface area contributed by atoms with Crippen LogP contribution in [0.2, 0.25) is 5.02 Å². The van der Waals surface area contributed by atoms with Gasteiger partial charge in [-0.05, 0) is 38.4 Å². The number of methoxy groups -OCH3 is 1. The molecule has 0 spiro atoms. The Bertz CT molecular complexity index is 804. The van der Waals surface area contributed by atoms with Crippen molar-refractivity contribution in [1.82, 2.24) is 9.88 Å². The molecule has 1 amide bonds. The molecule has 140 valence electrons. The fourth-order valence-corrected chi connectivity index (χ4v) is 4.53. The van der Waals surface area contributed by atoms with Gasteiger partial charge in [-0.3, -0.25) is 9.69 Å². The molecule has 1 saturated heterocycles. The smallest absolute Gasteiger partial charge is 0.223 e. The van der Waals surface area contributed by atoms with Crippen molar-refractivity contribution in [3.63, 3.8) is 0 Å². The van der Waals surface area contributed by atoms with E-state index in [2.05, 4.69) is 22.1 Å². The van der Waals surface area contributed by atoms with Gasteiger partial charge in [0.1, 0.15) is 0 Å². The van der Waals surface area contributed by atoms with E-state index in [0.717, 1.165) is 24.3 Å². The van der Waals surface area contributed by atoms with Crippen molar-refractivity contribution in [3.05, 3.63) is 27.8 Å². The monoisotopic (exact) mass is 397 g/mol. The summed E-state index contributed by atoms with van der Waals surface area (Å²) in [6.45, 7) is 5.37. The van der Waals surface area contributed by atoms with Crippen molar-refractivity contribution in [3.8, 4) is 17.0 Å². The minimum Gasteiger partial charge on any atom is -0.492 e. The molecule has 0 unspecified atom stereocenters. The molecular weight excluding hydrogens is 377 g/mol. The number of rotatable bonds is 5. The fourth-order valence-electron chi connectivity index (χ4n) is 3.19. The normalized spacial score (nSPS) is 17.5. The van der Waals surface area contributed by atoms with Crippen molar-refractivity contribution in [1.29, 1.82) is 0 Å². The van der Waals surface area contributed by atoms with Crippen LogP contribution in [0.4, 0.5) is 9.52 Å². The summed E-state index contributed by atoms with van der Waals surface area (Å²) >= 11 is 7.56. The largest absolute Gasteiger partial charge is 0.492 e. The van der Waals surface area contributed by atoms with E-state index in [1.807, 2.05) is 0 Å². The SMILES string of the molecule is COc1c(F)cc(-c2nc(NC(C)=O)sc2CN2CCC[C@H]2C)cc1Cl. The first kappa shape index (κ1) is 19.1. The summed E-state index contributed by atoms with van der Waals surface area (Å²) in [5, 5.41) is 3.42. The lowest BCUT2D eigenvalue weighted by Crippen LogP contribution is -2.25. The quantitative estimate of drug-likeness (QED) is 0.803. The molecule has 1 fully saturated rings. The number of amides is 1. The van der Waals surface area contributed by atoms with E-state index in [0.29, 0.717) is 29.0 Å². The maximum atomic E-state index is 14.3. The topological polar surface area (TPSA) is 54.5 Å². The van der Waals surface area contributed by atoms with Gasteiger partial charge in [-0.2, -0.15) is 0 Å². The van der Waals surface area contributed by atoms with Gasteiger partial charge in [-0.25, -0.2) is 9.37 Å². The van der Waals surface area contributed by atoms with E-state index >= 15 is 0 Å². The first-order valence-electron chi connectivity index (χ1n) is 8.43. The van der Waals surface area contributed by atoms with Gasteiger partial charge >= 0.3 is 0 Å². The number of ether oxygens (including phenoxy) is 1. The van der Waals surface area contributed by atoms with Crippen LogP contribution in [-0.4, -0.2) is 35.5 Å². The van der Waals surface area contributed by atoms with Crippen molar-refractivity contribution in [2.75, 3.05) is 19.0 Å². The lowest BCUT2D eigenvalue weighted by atomic mass is 10.1. The molecule has 2 aromatic rings. The number of hydrogen-bond acceptors (Lipinski definition) is 5. The lowest BCUT2D eigenvalue weighted by Gasteiger charge is -2.20. The number of anilines is 1. The number of carbonyl (C=O) groups excluding carboxylic acids is 1. The molecule has 2 heterocycles. The summed E-state index contributed by atoms with van der Waals surface area (Å²) < 4.78 is 19.3. The predicted octanol–water partition coefficient (Wildman–Crippen LogP) is 4.55. The van der Waals surface area contributed by atoms with E-state index in [1.54, 1.807) is 6.07 Å². The van der Waals surface area contributed by atoms with Gasteiger partial charge in [0.25, 0.3) is 0 Å². The number of aromatic nitrogens is 1. The highest BCUT2D eigenvalue weighted by molar-refractivity contribution is 7.16. The lowest BCUT2D eigenvalue weighted by molar-refractivity contribution is -0.114. The second-order valence-corrected chi connectivity index (χ2v) is 7.90. The number of hydrogen-bond donors (Lipinski definition) is 1. The average Bonchev–Trinajstić information content (AvgIpc) is 3.13. The first-order chi connectivity index (χ1) is 12.4. The third-order valence-electron chi connectivity index (χ3n) is 4.49. The molecule has 0 aliphatic carbocycles. The molecular formula is C18H21ClFN3O2S. The summed E-state index contributed by atoms with van der Waals surface area (Å²) in [4.78, 5) is 19.3. The Morgan fingerprint density at radius 2 is 2.31 bits per heavy atom. The Hall–Kier alpha value is -1.70. The fraction of sp³-hybridized carbons (Fsp3) is 0.444. The predicted molar refractivity (Wildman–Crippen MR) is 102 cm³/mol. The van der Waals surface area contributed by atoms with E-state index in [9.17, 15) is 9.18 Å². The van der Waals surface area contributed by atoms with Gasteiger partial charge in [0.2, 0.25) is 5.91 Å². The zero-order valence-electron chi connectivity index (χ0n) is 14.9. The van der Waals surface area contributed by atoms with E-state index in [4.69, 9.17) is 16.3 Å². The minimum atomic E-state index is -0.537. The van der Waals surface area contributed by atoms with Crippen molar-refractivity contribution >= 4 is 34.0 Å². The van der Waals surface area contributed by atoms with Crippen LogP contribution in [-0.2, 0) is 11.3 Å². The van der Waals surface area contributed by atoms with Gasteiger partial charge in [0, 0.05) is 30.0 Å². The highest BCUT2D eigenvalue weighted by atomic mass is 35.5. The highest BCUT2D eigenvalue weighted by Gasteiger charge is 2.24. The van der Waals surface area contributed by atoms with Crippen LogP contribution in [0.5, 0.6) is 5.75 Å². The van der Waals surface area contributed by atoms with E-state index in [1.165, 1.54) is 31.4 Å². The average molecular weight is 398 g/mol. The van der Waals surface area contributed by atoms with Crippen LogP contribution >= 0.6 is 22.9 Å². The number of nitrogens with zero attached hydrogens (tertiary/aromatic N) is 2. The maximum absolute atomic E-state index is 14.3. The van der Waals surface area contributed by atoms with Gasteiger partial charge in [0.15, 0.2) is 16.7 Å². The van der Waals surface area contributed by atoms with Crippen LogP contribution in [0.15, 0.2) is 12.1 Å². The van der Waals surface area contributed by atoms with Crippen LogP contribution in [0, 0.1) is 5.82 Å². The highest BCUT2D eigenvalue weighted by Crippen LogP contribution is 2.38. The molecule has 0 bridgehead atoms. The Morgan fingerprint density at radius 3 is 2.88 bits per heavy atom.